The normalized spacial score (nSPS) is 25.5. The molecule has 3 aliphatic rings. The van der Waals surface area contributed by atoms with Gasteiger partial charge >= 0.3 is 6.09 Å². The van der Waals surface area contributed by atoms with Crippen molar-refractivity contribution < 1.29 is 29.3 Å². The van der Waals surface area contributed by atoms with Crippen LogP contribution in [-0.4, -0.2) is 70.7 Å². The van der Waals surface area contributed by atoms with Gasteiger partial charge in [-0.1, -0.05) is 56.4 Å². The van der Waals surface area contributed by atoms with Crippen LogP contribution in [0, 0.1) is 5.92 Å². The molecule has 0 aromatic heterocycles. The number of aliphatic hydroxyl groups excluding tert-OH is 2. The predicted molar refractivity (Wildman–Crippen MR) is 140 cm³/mol. The number of ether oxygens (including phenoxy) is 2. The van der Waals surface area contributed by atoms with Gasteiger partial charge in [0, 0.05) is 25.3 Å². The Bertz CT molecular complexity index is 896. The van der Waals surface area contributed by atoms with E-state index >= 15 is 0 Å². The molecule has 8 heteroatoms. The third kappa shape index (κ3) is 7.24. The second-order valence-electron chi connectivity index (χ2n) is 11.3. The number of hydrogen-bond acceptors (Lipinski definition) is 6. The van der Waals surface area contributed by atoms with E-state index in [4.69, 9.17) is 9.47 Å². The van der Waals surface area contributed by atoms with Crippen LogP contribution in [0.2, 0.25) is 0 Å². The van der Waals surface area contributed by atoms with Crippen LogP contribution in [0.25, 0.3) is 0 Å². The third-order valence-corrected chi connectivity index (χ3v) is 8.21. The minimum absolute atomic E-state index is 0.100. The van der Waals surface area contributed by atoms with Gasteiger partial charge in [-0.25, -0.2) is 4.79 Å². The minimum atomic E-state index is -0.868. The second kappa shape index (κ2) is 13.1. The number of benzene rings is 1. The summed E-state index contributed by atoms with van der Waals surface area (Å²) in [4.78, 5) is 27.9. The molecule has 37 heavy (non-hydrogen) atoms. The van der Waals surface area contributed by atoms with Crippen molar-refractivity contribution in [2.45, 2.75) is 114 Å². The lowest BCUT2D eigenvalue weighted by Crippen LogP contribution is -2.47. The Morgan fingerprint density at radius 1 is 1.16 bits per heavy atom. The Balaban J connectivity index is 1.39. The quantitative estimate of drug-likeness (QED) is 0.436. The maximum absolute atomic E-state index is 13.5. The van der Waals surface area contributed by atoms with Gasteiger partial charge in [0.25, 0.3) is 0 Å². The molecule has 1 aromatic carbocycles. The minimum Gasteiger partial charge on any atom is -0.444 e. The van der Waals surface area contributed by atoms with Crippen molar-refractivity contribution >= 4 is 12.0 Å². The average Bonchev–Trinajstić information content (AvgIpc) is 3.50. The lowest BCUT2D eigenvalue weighted by molar-refractivity contribution is -0.139. The lowest BCUT2D eigenvalue weighted by Gasteiger charge is -2.36. The molecule has 2 amide bonds. The fourth-order valence-corrected chi connectivity index (χ4v) is 6.29. The van der Waals surface area contributed by atoms with E-state index in [1.165, 1.54) is 19.3 Å². The smallest absolute Gasteiger partial charge is 0.407 e. The summed E-state index contributed by atoms with van der Waals surface area (Å²) in [6.07, 6.45) is 5.71. The van der Waals surface area contributed by atoms with E-state index in [2.05, 4.69) is 5.32 Å². The van der Waals surface area contributed by atoms with E-state index < -0.39 is 24.3 Å². The highest BCUT2D eigenvalue weighted by atomic mass is 16.6. The molecule has 3 N–H and O–H groups in total. The molecule has 4 rings (SSSR count). The summed E-state index contributed by atoms with van der Waals surface area (Å²) in [5.41, 5.74) is 2.06. The molecule has 0 unspecified atom stereocenters. The number of fused-ring (bicyclic) bond motifs is 1. The Kier molecular flexibility index (Phi) is 9.84. The molecule has 0 radical (unpaired) electrons. The molecule has 5 atom stereocenters. The average molecular weight is 517 g/mol. The largest absolute Gasteiger partial charge is 0.444 e. The Hall–Kier alpha value is -2.16. The van der Waals surface area contributed by atoms with Gasteiger partial charge in [-0.15, -0.1) is 0 Å². The van der Waals surface area contributed by atoms with Gasteiger partial charge in [0.05, 0.1) is 37.5 Å². The van der Waals surface area contributed by atoms with Crippen LogP contribution < -0.4 is 5.32 Å². The van der Waals surface area contributed by atoms with Crippen molar-refractivity contribution in [1.82, 2.24) is 10.2 Å². The van der Waals surface area contributed by atoms with E-state index in [-0.39, 0.29) is 36.9 Å². The molecule has 0 spiro atoms. The van der Waals surface area contributed by atoms with Gasteiger partial charge in [-0.05, 0) is 43.7 Å². The second-order valence-corrected chi connectivity index (χ2v) is 11.3. The van der Waals surface area contributed by atoms with Gasteiger partial charge in [0.2, 0.25) is 5.91 Å². The molecule has 1 saturated heterocycles. The highest BCUT2D eigenvalue weighted by molar-refractivity contribution is 5.77. The lowest BCUT2D eigenvalue weighted by atomic mass is 9.83. The number of carbonyl (C=O) groups is 2. The first-order chi connectivity index (χ1) is 17.8. The molecule has 2 fully saturated rings. The van der Waals surface area contributed by atoms with Gasteiger partial charge in [-0.2, -0.15) is 0 Å². The molecule has 1 aromatic rings. The van der Waals surface area contributed by atoms with E-state index in [0.717, 1.165) is 24.0 Å². The zero-order valence-corrected chi connectivity index (χ0v) is 22.3. The number of nitrogens with one attached hydrogen (secondary N) is 1. The highest BCUT2D eigenvalue weighted by Gasteiger charge is 2.39. The highest BCUT2D eigenvalue weighted by Crippen LogP contribution is 2.37. The summed E-state index contributed by atoms with van der Waals surface area (Å²) in [5.74, 6) is 0.341. The van der Waals surface area contributed by atoms with Crippen LogP contribution >= 0.6 is 0 Å². The van der Waals surface area contributed by atoms with E-state index in [0.29, 0.717) is 38.4 Å². The Labute approximate surface area is 220 Å². The maximum Gasteiger partial charge on any atom is 0.407 e. The number of hydrogen-bond donors (Lipinski definition) is 3. The Morgan fingerprint density at radius 3 is 2.62 bits per heavy atom. The standard InChI is InChI=1S/C29H44N2O6/c1-19(2)31(28-23-11-7-6-10-21(23)17-26(28)33)27(34)13-12-25(32)24(16-20-8-4-3-5-9-20)30-29(35)37-22-14-15-36-18-22/h6-7,10-11,19-20,22,24-26,28,32-33H,3-5,8-9,12-18H2,1-2H3,(H,30,35)/t22-,24-,25-,26+,28-/m0/s1. The molecule has 1 heterocycles. The maximum atomic E-state index is 13.5. The topological polar surface area (TPSA) is 108 Å². The van der Waals surface area contributed by atoms with Crippen molar-refractivity contribution in [3.05, 3.63) is 35.4 Å². The van der Waals surface area contributed by atoms with Crippen molar-refractivity contribution in [3.63, 3.8) is 0 Å². The zero-order chi connectivity index (χ0) is 26.4. The van der Waals surface area contributed by atoms with Crippen LogP contribution in [0.4, 0.5) is 4.79 Å². The first-order valence-corrected chi connectivity index (χ1v) is 14.1. The molecular formula is C29H44N2O6. The zero-order valence-electron chi connectivity index (χ0n) is 22.3. The molecule has 1 aliphatic heterocycles. The van der Waals surface area contributed by atoms with Crippen molar-refractivity contribution in [2.75, 3.05) is 13.2 Å². The Morgan fingerprint density at radius 2 is 1.92 bits per heavy atom. The van der Waals surface area contributed by atoms with Crippen molar-refractivity contribution in [2.24, 2.45) is 5.92 Å². The molecular weight excluding hydrogens is 472 g/mol. The molecule has 2 aliphatic carbocycles. The summed E-state index contributed by atoms with van der Waals surface area (Å²) in [6.45, 7) is 4.90. The number of alkyl carbamates (subject to hydrolysis) is 1. The summed E-state index contributed by atoms with van der Waals surface area (Å²) < 4.78 is 10.8. The third-order valence-electron chi connectivity index (χ3n) is 8.21. The van der Waals surface area contributed by atoms with Gasteiger partial charge in [0.1, 0.15) is 6.10 Å². The van der Waals surface area contributed by atoms with Gasteiger partial charge in [-0.3, -0.25) is 4.79 Å². The van der Waals surface area contributed by atoms with E-state index in [9.17, 15) is 19.8 Å². The fourth-order valence-electron chi connectivity index (χ4n) is 6.29. The fraction of sp³-hybridized carbons (Fsp3) is 0.724. The number of aliphatic hydroxyl groups is 2. The number of carbonyl (C=O) groups excluding carboxylic acids is 2. The monoisotopic (exact) mass is 516 g/mol. The van der Waals surface area contributed by atoms with Gasteiger partial charge in [0.15, 0.2) is 0 Å². The van der Waals surface area contributed by atoms with Gasteiger partial charge < -0.3 is 29.9 Å². The molecule has 1 saturated carbocycles. The van der Waals surface area contributed by atoms with Crippen LogP contribution in [-0.2, 0) is 20.7 Å². The van der Waals surface area contributed by atoms with Crippen LogP contribution in [0.3, 0.4) is 0 Å². The number of nitrogens with zero attached hydrogens (tertiary/aromatic N) is 1. The molecule has 8 nitrogen and oxygen atoms in total. The summed E-state index contributed by atoms with van der Waals surface area (Å²) >= 11 is 0. The summed E-state index contributed by atoms with van der Waals surface area (Å²) in [5, 5.41) is 24.9. The van der Waals surface area contributed by atoms with Crippen LogP contribution in [0.1, 0.15) is 88.8 Å². The summed E-state index contributed by atoms with van der Waals surface area (Å²) in [6, 6.07) is 6.92. The molecule has 206 valence electrons. The summed E-state index contributed by atoms with van der Waals surface area (Å²) in [7, 11) is 0. The van der Waals surface area contributed by atoms with Crippen LogP contribution in [0.5, 0.6) is 0 Å². The van der Waals surface area contributed by atoms with Crippen LogP contribution in [0.15, 0.2) is 24.3 Å². The van der Waals surface area contributed by atoms with Crippen molar-refractivity contribution in [1.29, 1.82) is 0 Å². The SMILES string of the molecule is CC(C)N(C(=O)CC[C@H](O)[C@H](CC1CCCCC1)NC(=O)O[C@H]1CCOC1)[C@H]1c2ccccc2C[C@H]1O. The number of amides is 2. The predicted octanol–water partition coefficient (Wildman–Crippen LogP) is 3.88. The van der Waals surface area contributed by atoms with E-state index in [1.54, 1.807) is 4.90 Å². The van der Waals surface area contributed by atoms with E-state index in [1.807, 2.05) is 38.1 Å². The first-order valence-electron chi connectivity index (χ1n) is 14.1. The number of rotatable bonds is 10. The van der Waals surface area contributed by atoms with Crippen molar-refractivity contribution in [3.8, 4) is 0 Å². The first kappa shape index (κ1) is 27.9. The molecule has 0 bridgehead atoms.